The highest BCUT2D eigenvalue weighted by molar-refractivity contribution is 7.99. The van der Waals surface area contributed by atoms with Crippen LogP contribution in [0, 0.1) is 6.92 Å². The molecule has 0 nitrogen and oxygen atoms in total. The minimum absolute atomic E-state index is 0.447. The maximum atomic E-state index is 6.54. The van der Waals surface area contributed by atoms with Gasteiger partial charge in [0.05, 0.1) is 5.41 Å². The van der Waals surface area contributed by atoms with E-state index in [-0.39, 0.29) is 0 Å². The summed E-state index contributed by atoms with van der Waals surface area (Å²) in [7, 11) is 0. The van der Waals surface area contributed by atoms with Crippen molar-refractivity contribution >= 4 is 66.5 Å². The van der Waals surface area contributed by atoms with E-state index in [0.717, 1.165) is 15.6 Å². The molecule has 9 rings (SSSR count). The molecule has 2 heterocycles. The van der Waals surface area contributed by atoms with E-state index in [1.165, 1.54) is 74.5 Å². The molecule has 0 radical (unpaired) electrons. The summed E-state index contributed by atoms with van der Waals surface area (Å²) in [6.07, 6.45) is 0. The lowest BCUT2D eigenvalue weighted by Gasteiger charge is -2.40. The van der Waals surface area contributed by atoms with Gasteiger partial charge in [0.25, 0.3) is 0 Å². The van der Waals surface area contributed by atoms with Crippen molar-refractivity contribution in [2.75, 3.05) is 0 Å². The maximum Gasteiger partial charge on any atom is 0.0735 e. The first-order chi connectivity index (χ1) is 20.5. The van der Waals surface area contributed by atoms with Gasteiger partial charge in [0, 0.05) is 40.0 Å². The van der Waals surface area contributed by atoms with Crippen molar-refractivity contribution in [2.45, 2.75) is 22.1 Å². The zero-order valence-electron chi connectivity index (χ0n) is 22.5. The van der Waals surface area contributed by atoms with Gasteiger partial charge in [-0.2, -0.15) is 0 Å². The second-order valence-electron chi connectivity index (χ2n) is 11.2. The lowest BCUT2D eigenvalue weighted by molar-refractivity contribution is 0.724. The molecule has 4 heteroatoms. The number of rotatable bonds is 1. The molecule has 1 aliphatic heterocycles. The molecule has 0 amide bonds. The summed E-state index contributed by atoms with van der Waals surface area (Å²) in [6, 6.07) is 42.2. The first-order valence-corrected chi connectivity index (χ1v) is 16.4. The molecule has 42 heavy (non-hydrogen) atoms. The monoisotopic (exact) mass is 612 g/mol. The number of halogens is 2. The lowest BCUT2D eigenvalue weighted by Crippen LogP contribution is -2.32. The first kappa shape index (κ1) is 25.0. The molecule has 0 fully saturated rings. The SMILES string of the molecule is Cc1cccc2c1-c1ccccc1C21c2cc(-c3ccc(Cl)cc3)ccc2Sc2cc3sc4ccc(Cl)cc4c3cc21. The molecule has 0 bridgehead atoms. The molecular weight excluding hydrogens is 591 g/mol. The van der Waals surface area contributed by atoms with Crippen molar-refractivity contribution in [3.63, 3.8) is 0 Å². The van der Waals surface area contributed by atoms with E-state index >= 15 is 0 Å². The van der Waals surface area contributed by atoms with Gasteiger partial charge in [-0.15, -0.1) is 11.3 Å². The second-order valence-corrected chi connectivity index (χ2v) is 14.2. The molecule has 1 atom stereocenters. The fourth-order valence-corrected chi connectivity index (χ4v) is 9.92. The quantitative estimate of drug-likeness (QED) is 0.178. The van der Waals surface area contributed by atoms with E-state index < -0.39 is 5.41 Å². The standard InChI is InChI=1S/C38H22Cl2S2/c1-21-5-4-8-30-37(21)26-6-2-3-7-29(26)38(30)31-17-23(22-9-12-24(39)13-10-22)11-15-34(31)42-36-20-35-28(19-32(36)38)27-18-25(40)14-16-33(27)41-35/h2-20H,1H3. The van der Waals surface area contributed by atoms with Crippen LogP contribution in [0.25, 0.3) is 42.4 Å². The normalized spacial score (nSPS) is 16.5. The average Bonchev–Trinajstić information content (AvgIpc) is 3.50. The van der Waals surface area contributed by atoms with Crippen molar-refractivity contribution in [3.8, 4) is 22.3 Å². The van der Waals surface area contributed by atoms with Crippen LogP contribution in [0.1, 0.15) is 27.8 Å². The fraction of sp³-hybridized carbons (Fsp3) is 0.0526. The minimum Gasteiger partial charge on any atom is -0.135 e. The van der Waals surface area contributed by atoms with Gasteiger partial charge in [-0.1, -0.05) is 95.6 Å². The fourth-order valence-electron chi connectivity index (χ4n) is 7.24. The molecule has 0 saturated carbocycles. The van der Waals surface area contributed by atoms with E-state index in [1.54, 1.807) is 0 Å². The van der Waals surface area contributed by atoms with Gasteiger partial charge >= 0.3 is 0 Å². The van der Waals surface area contributed by atoms with Gasteiger partial charge in [-0.05, 0) is 112 Å². The molecule has 1 aromatic heterocycles. The number of hydrogen-bond acceptors (Lipinski definition) is 2. The largest absolute Gasteiger partial charge is 0.135 e. The third-order valence-electron chi connectivity index (χ3n) is 9.00. The molecule has 200 valence electrons. The number of aryl methyl sites for hydroxylation is 1. The van der Waals surface area contributed by atoms with E-state index in [2.05, 4.69) is 104 Å². The lowest BCUT2D eigenvalue weighted by atomic mass is 9.66. The van der Waals surface area contributed by atoms with Crippen molar-refractivity contribution < 1.29 is 0 Å². The Balaban J connectivity index is 1.44. The second kappa shape index (κ2) is 8.99. The summed E-state index contributed by atoms with van der Waals surface area (Å²) < 4.78 is 2.56. The molecule has 2 aliphatic rings. The zero-order valence-corrected chi connectivity index (χ0v) is 25.7. The van der Waals surface area contributed by atoms with Gasteiger partial charge < -0.3 is 0 Å². The highest BCUT2D eigenvalue weighted by Gasteiger charge is 2.50. The van der Waals surface area contributed by atoms with Gasteiger partial charge in [-0.3, -0.25) is 0 Å². The summed E-state index contributed by atoms with van der Waals surface area (Å²) in [6.45, 7) is 2.25. The molecule has 1 spiro atoms. The smallest absolute Gasteiger partial charge is 0.0735 e. The number of benzene rings is 6. The third-order valence-corrected chi connectivity index (χ3v) is 11.7. The van der Waals surface area contributed by atoms with E-state index in [1.807, 2.05) is 41.3 Å². The average molecular weight is 614 g/mol. The number of fused-ring (bicyclic) bond motifs is 12. The summed E-state index contributed by atoms with van der Waals surface area (Å²) in [5, 5.41) is 4.02. The predicted molar refractivity (Wildman–Crippen MR) is 181 cm³/mol. The highest BCUT2D eigenvalue weighted by Crippen LogP contribution is 2.63. The Morgan fingerprint density at radius 3 is 2.17 bits per heavy atom. The van der Waals surface area contributed by atoms with Gasteiger partial charge in [-0.25, -0.2) is 0 Å². The van der Waals surface area contributed by atoms with Crippen LogP contribution in [0.2, 0.25) is 10.0 Å². The van der Waals surface area contributed by atoms with Gasteiger partial charge in [0.15, 0.2) is 0 Å². The minimum atomic E-state index is -0.447. The summed E-state index contributed by atoms with van der Waals surface area (Å²) in [5.74, 6) is 0. The number of hydrogen-bond donors (Lipinski definition) is 0. The van der Waals surface area contributed by atoms with Crippen LogP contribution in [0.5, 0.6) is 0 Å². The zero-order chi connectivity index (χ0) is 28.2. The van der Waals surface area contributed by atoms with Crippen LogP contribution in [0.15, 0.2) is 125 Å². The Morgan fingerprint density at radius 2 is 1.29 bits per heavy atom. The molecular formula is C38H22Cl2S2. The Kier molecular flexibility index (Phi) is 5.35. The van der Waals surface area contributed by atoms with Crippen LogP contribution in [0.3, 0.4) is 0 Å². The van der Waals surface area contributed by atoms with Crippen LogP contribution in [-0.4, -0.2) is 0 Å². The molecule has 7 aromatic rings. The number of thiophene rings is 1. The topological polar surface area (TPSA) is 0 Å². The van der Waals surface area contributed by atoms with Crippen molar-refractivity contribution in [1.29, 1.82) is 0 Å². The van der Waals surface area contributed by atoms with Gasteiger partial charge in [0.1, 0.15) is 0 Å². The van der Waals surface area contributed by atoms with Crippen molar-refractivity contribution in [1.82, 2.24) is 0 Å². The van der Waals surface area contributed by atoms with E-state index in [9.17, 15) is 0 Å². The third kappa shape index (κ3) is 3.33. The van der Waals surface area contributed by atoms with Crippen LogP contribution in [0.4, 0.5) is 0 Å². The summed E-state index contributed by atoms with van der Waals surface area (Å²) >= 11 is 16.5. The van der Waals surface area contributed by atoms with E-state index in [0.29, 0.717) is 0 Å². The highest BCUT2D eigenvalue weighted by atomic mass is 35.5. The maximum absolute atomic E-state index is 6.54. The van der Waals surface area contributed by atoms with Gasteiger partial charge in [0.2, 0.25) is 0 Å². The Labute approximate surface area is 262 Å². The van der Waals surface area contributed by atoms with E-state index in [4.69, 9.17) is 23.2 Å². The van der Waals surface area contributed by atoms with Crippen LogP contribution < -0.4 is 0 Å². The predicted octanol–water partition coefficient (Wildman–Crippen LogP) is 12.2. The summed E-state index contributed by atoms with van der Waals surface area (Å²) in [5.41, 5.74) is 11.3. The van der Waals surface area contributed by atoms with Crippen LogP contribution >= 0.6 is 46.3 Å². The molecule has 0 saturated heterocycles. The molecule has 6 aromatic carbocycles. The van der Waals surface area contributed by atoms with Crippen molar-refractivity contribution in [2.24, 2.45) is 0 Å². The first-order valence-electron chi connectivity index (χ1n) is 14.0. The Bertz CT molecular complexity index is 2260. The Morgan fingerprint density at radius 1 is 0.548 bits per heavy atom. The molecule has 1 aliphatic carbocycles. The van der Waals surface area contributed by atoms with Crippen LogP contribution in [-0.2, 0) is 5.41 Å². The summed E-state index contributed by atoms with van der Waals surface area (Å²) in [4.78, 5) is 2.61. The van der Waals surface area contributed by atoms with Crippen molar-refractivity contribution in [3.05, 3.63) is 153 Å². The Hall–Kier alpha value is -3.53. The molecule has 0 N–H and O–H groups in total. The molecule has 1 unspecified atom stereocenters.